The molecule has 2 N–H and O–H groups in total. The number of hydrogen-bond donors (Lipinski definition) is 2. The molecule has 0 saturated carbocycles. The van der Waals surface area contributed by atoms with Crippen molar-refractivity contribution in [2.75, 3.05) is 6.54 Å². The first-order chi connectivity index (χ1) is 8.84. The molecule has 1 aromatic rings. The summed E-state index contributed by atoms with van der Waals surface area (Å²) in [5, 5.41) is 2.16. The largest absolute Gasteiger partial charge is 0.328 e. The normalized spacial score (nSPS) is 18.1. The van der Waals surface area contributed by atoms with Crippen LogP contribution in [-0.2, 0) is 9.59 Å². The minimum atomic E-state index is -1.19. The van der Waals surface area contributed by atoms with Gasteiger partial charge in [0.2, 0.25) is 5.91 Å². The average molecular weight is 263 g/mol. The molecule has 0 radical (unpaired) electrons. The van der Waals surface area contributed by atoms with Gasteiger partial charge in [0.25, 0.3) is 17.4 Å². The summed E-state index contributed by atoms with van der Waals surface area (Å²) in [5.41, 5.74) is -1.84. The van der Waals surface area contributed by atoms with Crippen LogP contribution in [0.25, 0.3) is 0 Å². The van der Waals surface area contributed by atoms with E-state index in [1.165, 1.54) is 32.2 Å². The third-order valence-electron chi connectivity index (χ3n) is 3.08. The Morgan fingerprint density at radius 2 is 2.00 bits per heavy atom. The smallest absolute Gasteiger partial charge is 0.260 e. The van der Waals surface area contributed by atoms with Gasteiger partial charge in [-0.15, -0.1) is 0 Å². The van der Waals surface area contributed by atoms with Crippen molar-refractivity contribution < 1.29 is 14.4 Å². The predicted molar refractivity (Wildman–Crippen MR) is 65.3 cm³/mol. The van der Waals surface area contributed by atoms with Gasteiger partial charge in [-0.05, 0) is 26.0 Å². The number of aromatic amines is 1. The first kappa shape index (κ1) is 13.0. The molecule has 0 spiro atoms. The number of carbonyl (C=O) groups is 3. The maximum absolute atomic E-state index is 12.3. The van der Waals surface area contributed by atoms with E-state index in [0.29, 0.717) is 0 Å². The Balaban J connectivity index is 2.43. The molecule has 7 nitrogen and oxygen atoms in total. The topological polar surface area (TPSA) is 99.3 Å². The highest BCUT2D eigenvalue weighted by Gasteiger charge is 2.44. The van der Waals surface area contributed by atoms with Gasteiger partial charge in [-0.1, -0.05) is 0 Å². The van der Waals surface area contributed by atoms with Gasteiger partial charge in [0.05, 0.1) is 0 Å². The number of pyridine rings is 1. The summed E-state index contributed by atoms with van der Waals surface area (Å²) in [6.07, 6.45) is 1.40. The minimum Gasteiger partial charge on any atom is -0.328 e. The monoisotopic (exact) mass is 263 g/mol. The van der Waals surface area contributed by atoms with E-state index in [1.807, 2.05) is 0 Å². The minimum absolute atomic E-state index is 0.0990. The van der Waals surface area contributed by atoms with Gasteiger partial charge in [0.1, 0.15) is 17.6 Å². The number of nitrogens with zero attached hydrogens (tertiary/aromatic N) is 1. The second-order valence-electron chi connectivity index (χ2n) is 4.74. The number of H-pyrrole nitrogens is 1. The highest BCUT2D eigenvalue weighted by Crippen LogP contribution is 2.19. The SMILES string of the molecule is CC1(C)C(=O)NC(=O)CN1C(=O)c1ccc[nH]c1=O. The average Bonchev–Trinajstić information content (AvgIpc) is 2.34. The predicted octanol–water partition coefficient (Wildman–Crippen LogP) is -0.748. The third-order valence-corrected chi connectivity index (χ3v) is 3.08. The fourth-order valence-corrected chi connectivity index (χ4v) is 1.84. The molecule has 1 aliphatic rings. The Labute approximate surface area is 108 Å². The van der Waals surface area contributed by atoms with E-state index in [-0.39, 0.29) is 12.1 Å². The van der Waals surface area contributed by atoms with Crippen LogP contribution < -0.4 is 10.9 Å². The van der Waals surface area contributed by atoms with E-state index >= 15 is 0 Å². The van der Waals surface area contributed by atoms with Crippen molar-refractivity contribution in [1.29, 1.82) is 0 Å². The number of carbonyl (C=O) groups excluding carboxylic acids is 3. The van der Waals surface area contributed by atoms with Gasteiger partial charge < -0.3 is 9.88 Å². The Bertz CT molecular complexity index is 617. The first-order valence-electron chi connectivity index (χ1n) is 5.68. The summed E-state index contributed by atoms with van der Waals surface area (Å²) in [4.78, 5) is 50.5. The number of nitrogens with one attached hydrogen (secondary N) is 2. The van der Waals surface area contributed by atoms with Crippen LogP contribution in [0.4, 0.5) is 0 Å². The zero-order chi connectivity index (χ0) is 14.2. The van der Waals surface area contributed by atoms with Crippen molar-refractivity contribution in [3.8, 4) is 0 Å². The molecule has 1 saturated heterocycles. The lowest BCUT2D eigenvalue weighted by molar-refractivity contribution is -0.143. The molecule has 0 unspecified atom stereocenters. The Morgan fingerprint density at radius 3 is 2.63 bits per heavy atom. The van der Waals surface area contributed by atoms with Crippen molar-refractivity contribution in [1.82, 2.24) is 15.2 Å². The van der Waals surface area contributed by atoms with Crippen molar-refractivity contribution >= 4 is 17.7 Å². The van der Waals surface area contributed by atoms with E-state index in [2.05, 4.69) is 10.3 Å². The molecule has 19 heavy (non-hydrogen) atoms. The molecule has 3 amide bonds. The lowest BCUT2D eigenvalue weighted by atomic mass is 9.97. The fourth-order valence-electron chi connectivity index (χ4n) is 1.84. The fraction of sp³-hybridized carbons (Fsp3) is 0.333. The summed E-state index contributed by atoms with van der Waals surface area (Å²) in [7, 11) is 0. The van der Waals surface area contributed by atoms with Crippen LogP contribution in [0.15, 0.2) is 23.1 Å². The van der Waals surface area contributed by atoms with E-state index < -0.39 is 28.8 Å². The Morgan fingerprint density at radius 1 is 1.32 bits per heavy atom. The van der Waals surface area contributed by atoms with Crippen molar-refractivity contribution in [2.24, 2.45) is 0 Å². The molecule has 0 aliphatic carbocycles. The lowest BCUT2D eigenvalue weighted by Crippen LogP contribution is -2.65. The molecule has 0 atom stereocenters. The van der Waals surface area contributed by atoms with Crippen LogP contribution in [0.3, 0.4) is 0 Å². The number of hydrogen-bond acceptors (Lipinski definition) is 4. The zero-order valence-corrected chi connectivity index (χ0v) is 10.5. The van der Waals surface area contributed by atoms with Crippen LogP contribution in [0.2, 0.25) is 0 Å². The molecule has 7 heteroatoms. The summed E-state index contributed by atoms with van der Waals surface area (Å²) in [6.45, 7) is 2.78. The van der Waals surface area contributed by atoms with Gasteiger partial charge in [-0.3, -0.25) is 24.5 Å². The van der Waals surface area contributed by atoms with Crippen LogP contribution in [0.1, 0.15) is 24.2 Å². The second kappa shape index (κ2) is 4.34. The third kappa shape index (κ3) is 2.14. The number of amides is 3. The van der Waals surface area contributed by atoms with Crippen LogP contribution >= 0.6 is 0 Å². The first-order valence-corrected chi connectivity index (χ1v) is 5.68. The molecule has 1 fully saturated rings. The lowest BCUT2D eigenvalue weighted by Gasteiger charge is -2.39. The molecule has 0 bridgehead atoms. The van der Waals surface area contributed by atoms with E-state index in [9.17, 15) is 19.2 Å². The zero-order valence-electron chi connectivity index (χ0n) is 10.5. The molecular weight excluding hydrogens is 250 g/mol. The van der Waals surface area contributed by atoms with Crippen LogP contribution in [-0.4, -0.2) is 39.7 Å². The summed E-state index contributed by atoms with van der Waals surface area (Å²) in [5.74, 6) is -1.77. The second-order valence-corrected chi connectivity index (χ2v) is 4.74. The van der Waals surface area contributed by atoms with Crippen molar-refractivity contribution in [3.05, 3.63) is 34.2 Å². The van der Waals surface area contributed by atoms with Crippen LogP contribution in [0.5, 0.6) is 0 Å². The standard InChI is InChI=1S/C12H13N3O4/c1-12(2)11(19)14-8(16)6-15(12)10(18)7-4-3-5-13-9(7)17/h3-5H,6H2,1-2H3,(H,13,17)(H,14,16,19). The quantitative estimate of drug-likeness (QED) is 0.651. The van der Waals surface area contributed by atoms with Gasteiger partial charge in [-0.2, -0.15) is 0 Å². The van der Waals surface area contributed by atoms with Crippen molar-refractivity contribution in [3.63, 3.8) is 0 Å². The molecular formula is C12H13N3O4. The Kier molecular flexibility index (Phi) is 2.97. The van der Waals surface area contributed by atoms with Gasteiger partial charge >= 0.3 is 0 Å². The summed E-state index contributed by atoms with van der Waals surface area (Å²) < 4.78 is 0. The molecule has 2 rings (SSSR count). The molecule has 100 valence electrons. The number of piperazine rings is 1. The van der Waals surface area contributed by atoms with E-state index in [4.69, 9.17) is 0 Å². The van der Waals surface area contributed by atoms with Gasteiger partial charge in [0.15, 0.2) is 0 Å². The van der Waals surface area contributed by atoms with Crippen LogP contribution in [0, 0.1) is 0 Å². The molecule has 1 aromatic heterocycles. The number of rotatable bonds is 1. The molecule has 2 heterocycles. The summed E-state index contributed by atoms with van der Waals surface area (Å²) in [6, 6.07) is 2.86. The maximum Gasteiger partial charge on any atom is 0.260 e. The number of aromatic nitrogens is 1. The molecule has 0 aromatic carbocycles. The van der Waals surface area contributed by atoms with E-state index in [1.54, 1.807) is 0 Å². The van der Waals surface area contributed by atoms with Gasteiger partial charge in [0, 0.05) is 6.20 Å². The highest BCUT2D eigenvalue weighted by atomic mass is 16.2. The Hall–Kier alpha value is -2.44. The summed E-state index contributed by atoms with van der Waals surface area (Å²) >= 11 is 0. The van der Waals surface area contributed by atoms with E-state index in [0.717, 1.165) is 4.90 Å². The molecule has 1 aliphatic heterocycles. The highest BCUT2D eigenvalue weighted by molar-refractivity contribution is 6.08. The van der Waals surface area contributed by atoms with Crippen molar-refractivity contribution in [2.45, 2.75) is 19.4 Å². The maximum atomic E-state index is 12.3. The van der Waals surface area contributed by atoms with Gasteiger partial charge in [-0.25, -0.2) is 0 Å². The number of imide groups is 1.